The summed E-state index contributed by atoms with van der Waals surface area (Å²) < 4.78 is 5.22. The molecule has 2 aromatic rings. The van der Waals surface area contributed by atoms with Crippen LogP contribution in [0, 0.1) is 0 Å². The number of carbonyl (C=O) groups is 3. The highest BCUT2D eigenvalue weighted by molar-refractivity contribution is 6.30. The number of aliphatic hydroxyl groups is 1. The standard InChI is InChI=1S/C24H29ClN4O5/c1-2-11-34-15-21(31)13-26-17-7-9-18(10-8-17)27-23(32)22-12-20(30)14-29(22)24(33)28-19-5-3-16(25)4-6-19/h3-10,20,22,26,30H,2,11-15H2,1H3,(H,27,32)(H,28,33)/t20-,22-/m1/s1. The van der Waals surface area contributed by atoms with Crippen LogP contribution >= 0.6 is 11.6 Å². The van der Waals surface area contributed by atoms with Crippen LogP contribution in [-0.2, 0) is 14.3 Å². The number of carbonyl (C=O) groups excluding carboxylic acids is 3. The fraction of sp³-hybridized carbons (Fsp3) is 0.375. The summed E-state index contributed by atoms with van der Waals surface area (Å²) in [5.41, 5.74) is 1.79. The van der Waals surface area contributed by atoms with Crippen molar-refractivity contribution in [1.82, 2.24) is 4.90 Å². The second kappa shape index (κ2) is 12.4. The molecular formula is C24H29ClN4O5. The highest BCUT2D eigenvalue weighted by atomic mass is 35.5. The SMILES string of the molecule is CCCOCC(=O)CNc1ccc(NC(=O)[C@H]2C[C@@H](O)CN2C(=O)Nc2ccc(Cl)cc2)cc1. The average molecular weight is 489 g/mol. The smallest absolute Gasteiger partial charge is 0.322 e. The van der Waals surface area contributed by atoms with Crippen molar-refractivity contribution in [2.24, 2.45) is 0 Å². The predicted molar refractivity (Wildman–Crippen MR) is 131 cm³/mol. The molecule has 0 bridgehead atoms. The van der Waals surface area contributed by atoms with E-state index in [0.29, 0.717) is 23.0 Å². The molecule has 4 N–H and O–H groups in total. The number of halogens is 1. The molecule has 1 aliphatic rings. The summed E-state index contributed by atoms with van der Waals surface area (Å²) in [5, 5.41) is 19.1. The maximum Gasteiger partial charge on any atom is 0.322 e. The minimum absolute atomic E-state index is 0.0520. The number of ketones is 1. The largest absolute Gasteiger partial charge is 0.391 e. The zero-order valence-corrected chi connectivity index (χ0v) is 19.7. The van der Waals surface area contributed by atoms with Crippen molar-refractivity contribution in [3.05, 3.63) is 53.6 Å². The van der Waals surface area contributed by atoms with Gasteiger partial charge in [-0.15, -0.1) is 0 Å². The van der Waals surface area contributed by atoms with E-state index in [9.17, 15) is 19.5 Å². The van der Waals surface area contributed by atoms with E-state index in [1.54, 1.807) is 48.5 Å². The third-order valence-corrected chi connectivity index (χ3v) is 5.44. The van der Waals surface area contributed by atoms with E-state index in [2.05, 4.69) is 16.0 Å². The fourth-order valence-electron chi connectivity index (χ4n) is 3.49. The molecule has 182 valence electrons. The van der Waals surface area contributed by atoms with Gasteiger partial charge < -0.3 is 30.7 Å². The lowest BCUT2D eigenvalue weighted by Crippen LogP contribution is -2.45. The van der Waals surface area contributed by atoms with Gasteiger partial charge in [-0.25, -0.2) is 4.79 Å². The molecule has 1 saturated heterocycles. The number of nitrogens with one attached hydrogen (secondary N) is 3. The summed E-state index contributed by atoms with van der Waals surface area (Å²) in [6.07, 6.45) is 0.206. The molecule has 1 fully saturated rings. The number of Topliss-reactive ketones (excluding diaryl/α,β-unsaturated/α-hetero) is 1. The molecule has 0 radical (unpaired) electrons. The Morgan fingerprint density at radius 3 is 2.32 bits per heavy atom. The van der Waals surface area contributed by atoms with E-state index in [1.807, 2.05) is 6.92 Å². The lowest BCUT2D eigenvalue weighted by Gasteiger charge is -2.24. The first kappa shape index (κ1) is 25.5. The number of rotatable bonds is 10. The molecular weight excluding hydrogens is 460 g/mol. The first-order valence-corrected chi connectivity index (χ1v) is 11.5. The molecule has 34 heavy (non-hydrogen) atoms. The zero-order valence-electron chi connectivity index (χ0n) is 18.9. The number of anilines is 3. The Bertz CT molecular complexity index is 984. The number of hydrogen-bond donors (Lipinski definition) is 4. The number of benzene rings is 2. The first-order valence-electron chi connectivity index (χ1n) is 11.1. The van der Waals surface area contributed by atoms with Gasteiger partial charge in [-0.2, -0.15) is 0 Å². The van der Waals surface area contributed by atoms with E-state index < -0.39 is 24.1 Å². The van der Waals surface area contributed by atoms with E-state index in [4.69, 9.17) is 16.3 Å². The molecule has 1 heterocycles. The van der Waals surface area contributed by atoms with Crippen molar-refractivity contribution in [2.45, 2.75) is 31.9 Å². The van der Waals surface area contributed by atoms with Crippen molar-refractivity contribution in [3.8, 4) is 0 Å². The number of β-amino-alcohol motifs (C(OH)–C–C–N with tert-alkyl or cyclic N) is 1. The van der Waals surface area contributed by atoms with Crippen molar-refractivity contribution < 1.29 is 24.2 Å². The first-order chi connectivity index (χ1) is 16.4. The molecule has 0 aromatic heterocycles. The molecule has 1 aliphatic heterocycles. The van der Waals surface area contributed by atoms with Crippen LogP contribution in [0.3, 0.4) is 0 Å². The van der Waals surface area contributed by atoms with Gasteiger partial charge in [0.05, 0.1) is 12.6 Å². The third kappa shape index (κ3) is 7.44. The summed E-state index contributed by atoms with van der Waals surface area (Å²) in [4.78, 5) is 38.7. The Labute approximate surface area is 203 Å². The Morgan fingerprint density at radius 2 is 1.65 bits per heavy atom. The van der Waals surface area contributed by atoms with Gasteiger partial charge in [0.1, 0.15) is 12.6 Å². The Balaban J connectivity index is 1.53. The topological polar surface area (TPSA) is 120 Å². The summed E-state index contributed by atoms with van der Waals surface area (Å²) in [5.74, 6) is -0.450. The number of aliphatic hydroxyl groups excluding tert-OH is 1. The van der Waals surface area contributed by atoms with Gasteiger partial charge >= 0.3 is 6.03 Å². The minimum Gasteiger partial charge on any atom is -0.391 e. The number of urea groups is 1. The van der Waals surface area contributed by atoms with Gasteiger partial charge in [0.15, 0.2) is 5.78 Å². The molecule has 0 unspecified atom stereocenters. The summed E-state index contributed by atoms with van der Waals surface area (Å²) in [6, 6.07) is 12.2. The Hall–Kier alpha value is -3.14. The second-order valence-corrected chi connectivity index (χ2v) is 8.44. The second-order valence-electron chi connectivity index (χ2n) is 8.01. The molecule has 2 atom stereocenters. The van der Waals surface area contributed by atoms with E-state index in [0.717, 1.165) is 12.1 Å². The van der Waals surface area contributed by atoms with Crippen LogP contribution in [0.2, 0.25) is 5.02 Å². The highest BCUT2D eigenvalue weighted by Gasteiger charge is 2.39. The van der Waals surface area contributed by atoms with Crippen LogP contribution in [-0.4, -0.2) is 66.2 Å². The van der Waals surface area contributed by atoms with Crippen LogP contribution in [0.5, 0.6) is 0 Å². The van der Waals surface area contributed by atoms with Crippen molar-refractivity contribution >= 4 is 46.4 Å². The van der Waals surface area contributed by atoms with Crippen LogP contribution in [0.15, 0.2) is 48.5 Å². The van der Waals surface area contributed by atoms with Crippen LogP contribution in [0.25, 0.3) is 0 Å². The Kier molecular flexibility index (Phi) is 9.26. The molecule has 10 heteroatoms. The van der Waals surface area contributed by atoms with E-state index >= 15 is 0 Å². The van der Waals surface area contributed by atoms with Gasteiger partial charge in [-0.3, -0.25) is 9.59 Å². The molecule has 0 saturated carbocycles. The summed E-state index contributed by atoms with van der Waals surface area (Å²) in [6.45, 7) is 2.80. The minimum atomic E-state index is -0.819. The van der Waals surface area contributed by atoms with Gasteiger partial charge in [0.25, 0.3) is 0 Å². The number of likely N-dealkylation sites (tertiary alicyclic amines) is 1. The van der Waals surface area contributed by atoms with Gasteiger partial charge in [0.2, 0.25) is 5.91 Å². The average Bonchev–Trinajstić information content (AvgIpc) is 3.22. The van der Waals surface area contributed by atoms with Crippen LogP contribution < -0.4 is 16.0 Å². The third-order valence-electron chi connectivity index (χ3n) is 5.19. The lowest BCUT2D eigenvalue weighted by atomic mass is 10.1. The number of ether oxygens (including phenoxy) is 1. The highest BCUT2D eigenvalue weighted by Crippen LogP contribution is 2.22. The van der Waals surface area contributed by atoms with E-state index in [1.165, 1.54) is 4.90 Å². The fourth-order valence-corrected chi connectivity index (χ4v) is 3.62. The van der Waals surface area contributed by atoms with Crippen LogP contribution in [0.4, 0.5) is 21.9 Å². The molecule has 9 nitrogen and oxygen atoms in total. The molecule has 2 aromatic carbocycles. The molecule has 3 amide bonds. The monoisotopic (exact) mass is 488 g/mol. The maximum absolute atomic E-state index is 12.9. The van der Waals surface area contributed by atoms with Crippen molar-refractivity contribution in [1.29, 1.82) is 0 Å². The summed E-state index contributed by atoms with van der Waals surface area (Å²) >= 11 is 5.87. The lowest BCUT2D eigenvalue weighted by molar-refractivity contribution is -0.122. The molecule has 0 spiro atoms. The number of nitrogens with zero attached hydrogens (tertiary/aromatic N) is 1. The predicted octanol–water partition coefficient (Wildman–Crippen LogP) is 3.35. The van der Waals surface area contributed by atoms with Crippen molar-refractivity contribution in [3.63, 3.8) is 0 Å². The number of amides is 3. The normalized spacial score (nSPS) is 17.3. The van der Waals surface area contributed by atoms with Gasteiger partial charge in [-0.05, 0) is 55.0 Å². The van der Waals surface area contributed by atoms with Crippen molar-refractivity contribution in [2.75, 3.05) is 42.3 Å². The number of hydrogen-bond acceptors (Lipinski definition) is 6. The van der Waals surface area contributed by atoms with Crippen LogP contribution in [0.1, 0.15) is 19.8 Å². The van der Waals surface area contributed by atoms with Gasteiger partial charge in [-0.1, -0.05) is 18.5 Å². The summed E-state index contributed by atoms with van der Waals surface area (Å²) in [7, 11) is 0. The molecule has 0 aliphatic carbocycles. The quantitative estimate of drug-likeness (QED) is 0.381. The maximum atomic E-state index is 12.9. The van der Waals surface area contributed by atoms with E-state index in [-0.39, 0.29) is 31.9 Å². The van der Waals surface area contributed by atoms with Gasteiger partial charge in [0, 0.05) is 41.7 Å². The Morgan fingerprint density at radius 1 is 1.03 bits per heavy atom. The molecule has 3 rings (SSSR count). The zero-order chi connectivity index (χ0) is 24.5.